The molecular weight excluding hydrogens is 440 g/mol. The third kappa shape index (κ3) is 6.09. The number of aromatic nitrogens is 2. The average Bonchev–Trinajstić information content (AvgIpc) is 2.46. The molecule has 2 aromatic heterocycles. The van der Waals surface area contributed by atoms with Crippen molar-refractivity contribution in [2.24, 2.45) is 0 Å². The van der Waals surface area contributed by atoms with Crippen molar-refractivity contribution in [2.45, 2.75) is 32.9 Å². The molecule has 0 radical (unpaired) electrons. The van der Waals surface area contributed by atoms with Gasteiger partial charge in [0.25, 0.3) is 0 Å². The number of carbonyl (C=O) groups excluding carboxylic acids is 1. The van der Waals surface area contributed by atoms with Gasteiger partial charge in [-0.15, -0.1) is 0 Å². The number of anilines is 2. The van der Waals surface area contributed by atoms with Crippen LogP contribution < -0.4 is 10.6 Å². The van der Waals surface area contributed by atoms with Gasteiger partial charge in [0.2, 0.25) is 0 Å². The number of nitrogens with one attached hydrogen (secondary N) is 2. The summed E-state index contributed by atoms with van der Waals surface area (Å²) in [5.41, 5.74) is 1.16. The number of carbonyl (C=O) groups is 1. The summed E-state index contributed by atoms with van der Waals surface area (Å²) in [7, 11) is 0. The van der Waals surface area contributed by atoms with Gasteiger partial charge < -0.3 is 10.1 Å². The molecule has 2 N–H and O–H groups in total. The predicted molar refractivity (Wildman–Crippen MR) is 101 cm³/mol. The van der Waals surface area contributed by atoms with Gasteiger partial charge >= 0.3 is 6.09 Å². The van der Waals surface area contributed by atoms with Crippen LogP contribution in [0, 0.1) is 0 Å². The lowest BCUT2D eigenvalue weighted by molar-refractivity contribution is 0.0635. The van der Waals surface area contributed by atoms with Gasteiger partial charge in [0, 0.05) is 15.1 Å². The smallest absolute Gasteiger partial charge is 0.413 e. The number of hydrogen-bond acceptors (Lipinski definition) is 5. The largest absolute Gasteiger partial charge is 0.444 e. The summed E-state index contributed by atoms with van der Waals surface area (Å²) < 4.78 is 7.01. The maximum Gasteiger partial charge on any atom is 0.413 e. The van der Waals surface area contributed by atoms with E-state index >= 15 is 0 Å². The summed E-state index contributed by atoms with van der Waals surface area (Å²) in [5, 5.41) is 5.82. The van der Waals surface area contributed by atoms with Crippen molar-refractivity contribution in [2.75, 3.05) is 10.6 Å². The first kappa shape index (κ1) is 18.7. The molecule has 0 saturated carbocycles. The molecule has 128 valence electrons. The fourth-order valence-corrected chi connectivity index (χ4v) is 2.87. The fraction of sp³-hybridized carbons (Fsp3) is 0.312. The van der Waals surface area contributed by atoms with Crippen molar-refractivity contribution in [1.29, 1.82) is 0 Å². The standard InChI is InChI=1S/C16H18Br2N4O2/c1-16(2,3)24-15(23)22-14-5-4-11(8-21-14)19-9-13-12(18)6-10(17)7-20-13/h4-8,19H,9H2,1-3H3,(H,21,22,23). The van der Waals surface area contributed by atoms with E-state index in [0.29, 0.717) is 12.4 Å². The minimum atomic E-state index is -0.545. The fourth-order valence-electron chi connectivity index (χ4n) is 1.74. The van der Waals surface area contributed by atoms with Crippen molar-refractivity contribution in [3.63, 3.8) is 0 Å². The second kappa shape index (κ2) is 7.94. The summed E-state index contributed by atoms with van der Waals surface area (Å²) in [5.74, 6) is 0.428. The summed E-state index contributed by atoms with van der Waals surface area (Å²) in [6.07, 6.45) is 2.85. The normalized spacial score (nSPS) is 11.0. The van der Waals surface area contributed by atoms with Crippen LogP contribution in [0.1, 0.15) is 26.5 Å². The molecule has 0 bridgehead atoms. The highest BCUT2D eigenvalue weighted by molar-refractivity contribution is 9.11. The Bertz CT molecular complexity index is 715. The lowest BCUT2D eigenvalue weighted by atomic mass is 10.2. The van der Waals surface area contributed by atoms with Crippen LogP contribution in [0.5, 0.6) is 0 Å². The van der Waals surface area contributed by atoms with Gasteiger partial charge in [0.1, 0.15) is 11.4 Å². The maximum atomic E-state index is 11.7. The van der Waals surface area contributed by atoms with Crippen LogP contribution in [0.4, 0.5) is 16.3 Å². The van der Waals surface area contributed by atoms with E-state index in [1.807, 2.05) is 12.1 Å². The van der Waals surface area contributed by atoms with Crippen molar-refractivity contribution < 1.29 is 9.53 Å². The van der Waals surface area contributed by atoms with Crippen LogP contribution in [-0.2, 0) is 11.3 Å². The van der Waals surface area contributed by atoms with Gasteiger partial charge in [0.05, 0.1) is 24.1 Å². The Morgan fingerprint density at radius 2 is 1.96 bits per heavy atom. The number of amides is 1. The second-order valence-electron chi connectivity index (χ2n) is 5.99. The van der Waals surface area contributed by atoms with Gasteiger partial charge in [-0.2, -0.15) is 0 Å². The summed E-state index contributed by atoms with van der Waals surface area (Å²) in [6, 6.07) is 5.47. The zero-order valence-corrected chi connectivity index (χ0v) is 16.7. The van der Waals surface area contributed by atoms with Crippen LogP contribution in [0.15, 0.2) is 39.5 Å². The van der Waals surface area contributed by atoms with Crippen LogP contribution in [0.3, 0.4) is 0 Å². The number of halogens is 2. The van der Waals surface area contributed by atoms with Gasteiger partial charge in [-0.05, 0) is 70.8 Å². The molecule has 0 aliphatic heterocycles. The molecule has 0 atom stereocenters. The molecule has 0 spiro atoms. The van der Waals surface area contributed by atoms with E-state index in [2.05, 4.69) is 52.5 Å². The van der Waals surface area contributed by atoms with Crippen LogP contribution in [0.25, 0.3) is 0 Å². The topological polar surface area (TPSA) is 76.1 Å². The van der Waals surface area contributed by atoms with Gasteiger partial charge in [0.15, 0.2) is 0 Å². The summed E-state index contributed by atoms with van der Waals surface area (Å²) in [6.45, 7) is 5.97. The third-order valence-corrected chi connectivity index (χ3v) is 3.86. The number of pyridine rings is 2. The molecule has 1 amide bonds. The third-order valence-electron chi connectivity index (χ3n) is 2.74. The first-order chi connectivity index (χ1) is 11.2. The number of ether oxygens (including phenoxy) is 1. The molecule has 2 rings (SSSR count). The van der Waals surface area contributed by atoms with E-state index in [0.717, 1.165) is 20.3 Å². The molecule has 0 aliphatic carbocycles. The van der Waals surface area contributed by atoms with E-state index in [1.54, 1.807) is 39.2 Å². The number of nitrogens with zero attached hydrogens (tertiary/aromatic N) is 2. The summed E-state index contributed by atoms with van der Waals surface area (Å²) in [4.78, 5) is 20.2. The van der Waals surface area contributed by atoms with Gasteiger partial charge in [-0.25, -0.2) is 9.78 Å². The maximum absolute atomic E-state index is 11.7. The van der Waals surface area contributed by atoms with Gasteiger partial charge in [-0.1, -0.05) is 0 Å². The molecule has 2 heterocycles. The SMILES string of the molecule is CC(C)(C)OC(=O)Nc1ccc(NCc2ncc(Br)cc2Br)cn1. The summed E-state index contributed by atoms with van der Waals surface area (Å²) >= 11 is 6.84. The van der Waals surface area contributed by atoms with Crippen LogP contribution in [0.2, 0.25) is 0 Å². The number of rotatable bonds is 4. The van der Waals surface area contributed by atoms with Crippen molar-refractivity contribution in [3.8, 4) is 0 Å². The Kier molecular flexibility index (Phi) is 6.17. The average molecular weight is 458 g/mol. The minimum absolute atomic E-state index is 0.428. The monoisotopic (exact) mass is 456 g/mol. The van der Waals surface area contributed by atoms with Crippen molar-refractivity contribution >= 4 is 49.5 Å². The molecule has 0 unspecified atom stereocenters. The minimum Gasteiger partial charge on any atom is -0.444 e. The molecule has 0 saturated heterocycles. The molecule has 0 aromatic carbocycles. The van der Waals surface area contributed by atoms with Crippen LogP contribution in [-0.4, -0.2) is 21.7 Å². The van der Waals surface area contributed by atoms with E-state index in [-0.39, 0.29) is 0 Å². The Balaban J connectivity index is 1.91. The first-order valence-corrected chi connectivity index (χ1v) is 8.81. The molecule has 8 heteroatoms. The predicted octanol–water partition coefficient (Wildman–Crippen LogP) is 4.96. The molecule has 0 aliphatic rings. The second-order valence-corrected chi connectivity index (χ2v) is 7.76. The van der Waals surface area contributed by atoms with E-state index in [4.69, 9.17) is 4.74 Å². The Morgan fingerprint density at radius 1 is 1.21 bits per heavy atom. The zero-order valence-electron chi connectivity index (χ0n) is 13.6. The highest BCUT2D eigenvalue weighted by Crippen LogP contribution is 2.20. The quantitative estimate of drug-likeness (QED) is 0.678. The van der Waals surface area contributed by atoms with E-state index in [9.17, 15) is 4.79 Å². The molecule has 0 fully saturated rings. The molecule has 24 heavy (non-hydrogen) atoms. The Labute approximate surface area is 157 Å². The van der Waals surface area contributed by atoms with Crippen molar-refractivity contribution in [1.82, 2.24) is 9.97 Å². The van der Waals surface area contributed by atoms with Crippen LogP contribution >= 0.6 is 31.9 Å². The highest BCUT2D eigenvalue weighted by atomic mass is 79.9. The molecular formula is C16H18Br2N4O2. The molecule has 6 nitrogen and oxygen atoms in total. The Morgan fingerprint density at radius 3 is 2.54 bits per heavy atom. The van der Waals surface area contributed by atoms with E-state index in [1.165, 1.54) is 0 Å². The number of hydrogen-bond donors (Lipinski definition) is 2. The molecule has 2 aromatic rings. The highest BCUT2D eigenvalue weighted by Gasteiger charge is 2.16. The lowest BCUT2D eigenvalue weighted by Crippen LogP contribution is -2.27. The first-order valence-electron chi connectivity index (χ1n) is 7.23. The zero-order chi connectivity index (χ0) is 17.7. The van der Waals surface area contributed by atoms with Gasteiger partial charge in [-0.3, -0.25) is 10.3 Å². The lowest BCUT2D eigenvalue weighted by Gasteiger charge is -2.19. The van der Waals surface area contributed by atoms with Crippen molar-refractivity contribution in [3.05, 3.63) is 45.2 Å². The Hall–Kier alpha value is -1.67. The van der Waals surface area contributed by atoms with E-state index < -0.39 is 11.7 Å².